The molecule has 0 saturated heterocycles. The number of halogens is 1. The lowest BCUT2D eigenvalue weighted by Gasteiger charge is -2.12. The van der Waals surface area contributed by atoms with Gasteiger partial charge in [0.25, 0.3) is 0 Å². The molecule has 5 rings (SSSR count). The van der Waals surface area contributed by atoms with Crippen LogP contribution in [-0.4, -0.2) is 50.7 Å². The molecule has 232 valence electrons. The number of hydrogen-bond acceptors (Lipinski definition) is 5. The number of fused-ring (bicyclic) bond motifs is 1. The number of aromatic amines is 2. The molecule has 2 aromatic carbocycles. The number of benzene rings is 2. The van der Waals surface area contributed by atoms with Gasteiger partial charge in [-0.2, -0.15) is 5.10 Å². The summed E-state index contributed by atoms with van der Waals surface area (Å²) in [5.74, 6) is 0.878. The maximum absolute atomic E-state index is 14.8. The lowest BCUT2D eigenvalue weighted by atomic mass is 9.97. The Morgan fingerprint density at radius 3 is 2.67 bits per heavy atom. The van der Waals surface area contributed by atoms with Crippen LogP contribution in [0.2, 0.25) is 0 Å². The van der Waals surface area contributed by atoms with Gasteiger partial charge >= 0.3 is 0 Å². The molecule has 0 atom stereocenters. The van der Waals surface area contributed by atoms with E-state index in [9.17, 15) is 4.39 Å². The number of nitrogens with zero attached hydrogens (tertiary/aromatic N) is 4. The molecule has 0 bridgehead atoms. The summed E-state index contributed by atoms with van der Waals surface area (Å²) in [5, 5.41) is 12.1. The minimum Gasteiger partial charge on any atom is -0.358 e. The van der Waals surface area contributed by atoms with Crippen molar-refractivity contribution in [1.82, 2.24) is 30.0 Å². The summed E-state index contributed by atoms with van der Waals surface area (Å²) in [6, 6.07) is 13.5. The van der Waals surface area contributed by atoms with Crippen molar-refractivity contribution in [3.05, 3.63) is 114 Å². The molecule has 3 heterocycles. The van der Waals surface area contributed by atoms with E-state index >= 15 is 0 Å². The van der Waals surface area contributed by atoms with Crippen LogP contribution < -0.4 is 5.32 Å². The first-order chi connectivity index (χ1) is 21.6. The highest BCUT2D eigenvalue weighted by Crippen LogP contribution is 2.33. The Labute approximate surface area is 265 Å². The quantitative estimate of drug-likeness (QED) is 0.117. The van der Waals surface area contributed by atoms with Gasteiger partial charge in [0.15, 0.2) is 5.82 Å². The average Bonchev–Trinajstić information content (AvgIpc) is 3.57. The molecule has 0 radical (unpaired) electrons. The number of aryl methyl sites for hydroxylation is 2. The Bertz CT molecular complexity index is 1860. The predicted octanol–water partition coefficient (Wildman–Crippen LogP) is 8.55. The molecule has 0 unspecified atom stereocenters. The Balaban J connectivity index is 1.47. The van der Waals surface area contributed by atoms with Crippen molar-refractivity contribution < 1.29 is 4.39 Å². The van der Waals surface area contributed by atoms with Crippen molar-refractivity contribution in [2.24, 2.45) is 5.92 Å². The van der Waals surface area contributed by atoms with Crippen molar-refractivity contribution >= 4 is 22.2 Å². The SMILES string of the molecule is C=C/C=C(/c1cc(F)cc(CCCN(C)C)c1)c1nc(-c2n[nH]c3ccc(-c4cncc(NC(=C)CC(C)C)c4)cc23)[nH]c1C. The highest BCUT2D eigenvalue weighted by Gasteiger charge is 2.19. The molecule has 0 amide bonds. The molecule has 0 spiro atoms. The number of pyridine rings is 1. The molecule has 3 N–H and O–H groups in total. The van der Waals surface area contributed by atoms with Gasteiger partial charge < -0.3 is 15.2 Å². The number of imidazole rings is 1. The number of anilines is 1. The zero-order valence-corrected chi connectivity index (χ0v) is 26.8. The summed E-state index contributed by atoms with van der Waals surface area (Å²) < 4.78 is 14.8. The van der Waals surface area contributed by atoms with Crippen LogP contribution in [0.5, 0.6) is 0 Å². The molecule has 0 aliphatic carbocycles. The van der Waals surface area contributed by atoms with Crippen molar-refractivity contribution in [3.8, 4) is 22.6 Å². The third kappa shape index (κ3) is 7.64. The van der Waals surface area contributed by atoms with Gasteiger partial charge in [-0.25, -0.2) is 9.37 Å². The van der Waals surface area contributed by atoms with Crippen molar-refractivity contribution in [1.29, 1.82) is 0 Å². The second-order valence-electron chi connectivity index (χ2n) is 12.3. The highest BCUT2D eigenvalue weighted by atomic mass is 19.1. The number of aromatic nitrogens is 5. The van der Waals surface area contributed by atoms with Crippen LogP contribution in [-0.2, 0) is 6.42 Å². The smallest absolute Gasteiger partial charge is 0.159 e. The topological polar surface area (TPSA) is 85.5 Å². The molecule has 3 aromatic heterocycles. The normalized spacial score (nSPS) is 12.0. The van der Waals surface area contributed by atoms with Gasteiger partial charge in [0.1, 0.15) is 11.5 Å². The van der Waals surface area contributed by atoms with E-state index in [0.717, 1.165) is 87.3 Å². The third-order valence-corrected chi connectivity index (χ3v) is 7.60. The number of hydrogen-bond donors (Lipinski definition) is 3. The van der Waals surface area contributed by atoms with Crippen LogP contribution in [0.1, 0.15) is 49.2 Å². The summed E-state index contributed by atoms with van der Waals surface area (Å²) in [7, 11) is 4.09. The van der Waals surface area contributed by atoms with E-state index < -0.39 is 0 Å². The first kappa shape index (κ1) is 31.6. The lowest BCUT2D eigenvalue weighted by molar-refractivity contribution is 0.400. The first-order valence-corrected chi connectivity index (χ1v) is 15.3. The lowest BCUT2D eigenvalue weighted by Crippen LogP contribution is -2.13. The minimum atomic E-state index is -0.264. The second-order valence-corrected chi connectivity index (χ2v) is 12.3. The Kier molecular flexibility index (Phi) is 9.74. The number of allylic oxidation sites excluding steroid dienone is 3. The molecule has 5 aromatic rings. The van der Waals surface area contributed by atoms with E-state index in [1.807, 2.05) is 51.6 Å². The molecular weight excluding hydrogens is 561 g/mol. The zero-order chi connectivity index (χ0) is 32.1. The van der Waals surface area contributed by atoms with Gasteiger partial charge in [-0.15, -0.1) is 0 Å². The van der Waals surface area contributed by atoms with E-state index in [1.165, 1.54) is 0 Å². The second kappa shape index (κ2) is 13.9. The molecule has 45 heavy (non-hydrogen) atoms. The van der Waals surface area contributed by atoms with Crippen LogP contribution in [0, 0.1) is 18.7 Å². The molecule has 0 fully saturated rings. The number of rotatable bonds is 13. The third-order valence-electron chi connectivity index (χ3n) is 7.60. The Hall–Kier alpha value is -4.82. The Morgan fingerprint density at radius 1 is 1.09 bits per heavy atom. The predicted molar refractivity (Wildman–Crippen MR) is 184 cm³/mol. The fourth-order valence-electron chi connectivity index (χ4n) is 5.60. The minimum absolute atomic E-state index is 0.264. The monoisotopic (exact) mass is 603 g/mol. The average molecular weight is 604 g/mol. The van der Waals surface area contributed by atoms with E-state index in [2.05, 4.69) is 75.6 Å². The van der Waals surface area contributed by atoms with Crippen molar-refractivity contribution in [2.75, 3.05) is 26.0 Å². The van der Waals surface area contributed by atoms with E-state index in [-0.39, 0.29) is 5.82 Å². The van der Waals surface area contributed by atoms with Crippen LogP contribution in [0.3, 0.4) is 0 Å². The van der Waals surface area contributed by atoms with Crippen LogP contribution >= 0.6 is 0 Å². The van der Waals surface area contributed by atoms with Crippen LogP contribution in [0.4, 0.5) is 10.1 Å². The van der Waals surface area contributed by atoms with Gasteiger partial charge in [0.05, 0.1) is 23.1 Å². The molecular formula is C37H42FN7. The van der Waals surface area contributed by atoms with E-state index in [1.54, 1.807) is 18.2 Å². The van der Waals surface area contributed by atoms with E-state index in [4.69, 9.17) is 4.98 Å². The van der Waals surface area contributed by atoms with Crippen LogP contribution in [0.15, 0.2) is 85.9 Å². The maximum Gasteiger partial charge on any atom is 0.159 e. The fourth-order valence-corrected chi connectivity index (χ4v) is 5.60. The van der Waals surface area contributed by atoms with Gasteiger partial charge in [-0.1, -0.05) is 51.3 Å². The molecule has 8 heteroatoms. The zero-order valence-electron chi connectivity index (χ0n) is 26.8. The van der Waals surface area contributed by atoms with Gasteiger partial charge in [0, 0.05) is 34.1 Å². The highest BCUT2D eigenvalue weighted by molar-refractivity contribution is 5.95. The van der Waals surface area contributed by atoms with Crippen LogP contribution in [0.25, 0.3) is 39.1 Å². The summed E-state index contributed by atoms with van der Waals surface area (Å²) in [4.78, 5) is 15.0. The fraction of sp³-hybridized carbons (Fsp3) is 0.270. The van der Waals surface area contributed by atoms with Gasteiger partial charge in [-0.3, -0.25) is 10.1 Å². The summed E-state index contributed by atoms with van der Waals surface area (Å²) in [5.41, 5.74) is 9.55. The largest absolute Gasteiger partial charge is 0.358 e. The summed E-state index contributed by atoms with van der Waals surface area (Å²) in [6.45, 7) is 15.3. The Morgan fingerprint density at radius 2 is 1.91 bits per heavy atom. The first-order valence-electron chi connectivity index (χ1n) is 15.3. The van der Waals surface area contributed by atoms with Crippen molar-refractivity contribution in [3.63, 3.8) is 0 Å². The van der Waals surface area contributed by atoms with Crippen molar-refractivity contribution in [2.45, 2.75) is 40.0 Å². The van der Waals surface area contributed by atoms with E-state index in [0.29, 0.717) is 17.4 Å². The molecule has 0 aliphatic rings. The number of H-pyrrole nitrogens is 2. The van der Waals surface area contributed by atoms with Gasteiger partial charge in [-0.05, 0) is 99.8 Å². The molecule has 0 aliphatic heterocycles. The summed E-state index contributed by atoms with van der Waals surface area (Å²) >= 11 is 0. The number of nitrogens with one attached hydrogen (secondary N) is 3. The molecule has 0 saturated carbocycles. The molecule has 7 nitrogen and oxygen atoms in total. The summed E-state index contributed by atoms with van der Waals surface area (Å²) in [6.07, 6.45) is 9.88. The van der Waals surface area contributed by atoms with Gasteiger partial charge in [0.2, 0.25) is 0 Å². The maximum atomic E-state index is 14.8. The standard InChI is InChI=1S/C37H42FN7/c1-8-10-32(28-16-26(17-30(38)18-28)11-9-14-45(6)7)35-25(5)41-37(42-35)36-33-20-27(12-13-34(33)43-44-36)29-19-31(22-39-21-29)40-24(4)15-23(2)3/h8,10,12-13,16-23,40H,1,4,9,11,14-15H2,2-3,5-7H3,(H,41,42)(H,43,44)/b32-10-.